The first-order valence-electron chi connectivity index (χ1n) is 24.5. The van der Waals surface area contributed by atoms with Crippen molar-refractivity contribution in [2.45, 2.75) is 217 Å². The van der Waals surface area contributed by atoms with Gasteiger partial charge in [0.1, 0.15) is 42.7 Å². The molecule has 0 unspecified atom stereocenters. The molecule has 3 saturated carbocycles. The Morgan fingerprint density at radius 1 is 0.776 bits per heavy atom. The summed E-state index contributed by atoms with van der Waals surface area (Å²) >= 11 is 0. The van der Waals surface area contributed by atoms with Crippen LogP contribution in [0.1, 0.15) is 107 Å². The molecule has 3 heterocycles. The van der Waals surface area contributed by atoms with Crippen LogP contribution in [0.15, 0.2) is 11.6 Å². The summed E-state index contributed by atoms with van der Waals surface area (Å²) in [5.74, 6) is -1.47. The Balaban J connectivity index is 1.21. The van der Waals surface area contributed by atoms with Crippen molar-refractivity contribution in [3.8, 4) is 0 Å². The second-order valence-corrected chi connectivity index (χ2v) is 21.6. The number of allylic oxidation sites excluding steroid dienone is 1. The van der Waals surface area contributed by atoms with Crippen molar-refractivity contribution in [1.82, 2.24) is 0 Å². The van der Waals surface area contributed by atoms with Crippen LogP contribution in [0.2, 0.25) is 0 Å². The van der Waals surface area contributed by atoms with Crippen LogP contribution in [0.3, 0.4) is 0 Å². The molecule has 0 aromatic rings. The Kier molecular flexibility index (Phi) is 16.6. The zero-order valence-electron chi connectivity index (χ0n) is 40.1. The molecule has 9 N–H and O–H groups in total. The van der Waals surface area contributed by atoms with Crippen LogP contribution in [0.5, 0.6) is 0 Å². The monoisotopic (exact) mass is 959 g/mol. The van der Waals surface area contributed by atoms with E-state index in [0.717, 1.165) is 24.8 Å². The molecule has 384 valence electrons. The molecule has 4 aliphatic carbocycles. The van der Waals surface area contributed by atoms with Crippen LogP contribution in [0.4, 0.5) is 0 Å². The number of esters is 2. The molecule has 0 aromatic carbocycles. The summed E-state index contributed by atoms with van der Waals surface area (Å²) in [6, 6.07) is 0. The first-order chi connectivity index (χ1) is 31.5. The fourth-order valence-corrected chi connectivity index (χ4v) is 13.4. The van der Waals surface area contributed by atoms with Gasteiger partial charge in [0, 0.05) is 25.7 Å². The molecule has 25 atom stereocenters. The minimum Gasteiger partial charge on any atom is -0.456 e. The van der Waals surface area contributed by atoms with Crippen molar-refractivity contribution >= 4 is 11.9 Å². The Morgan fingerprint density at radius 2 is 1.43 bits per heavy atom. The number of aliphatic hydroxyl groups excluding tert-OH is 9. The highest BCUT2D eigenvalue weighted by molar-refractivity contribution is 5.67. The summed E-state index contributed by atoms with van der Waals surface area (Å²) < 4.78 is 49.3. The van der Waals surface area contributed by atoms with E-state index in [1.54, 1.807) is 0 Å². The van der Waals surface area contributed by atoms with Crippen molar-refractivity contribution in [1.29, 1.82) is 0 Å². The highest BCUT2D eigenvalue weighted by Crippen LogP contribution is 2.68. The number of ether oxygens (including phenoxy) is 8. The van der Waals surface area contributed by atoms with Crippen LogP contribution in [-0.4, -0.2) is 182 Å². The van der Waals surface area contributed by atoms with Gasteiger partial charge < -0.3 is 83.9 Å². The third-order valence-corrected chi connectivity index (χ3v) is 17.0. The third kappa shape index (κ3) is 10.3. The van der Waals surface area contributed by atoms with E-state index in [1.807, 2.05) is 6.92 Å². The lowest BCUT2D eigenvalue weighted by Crippen LogP contribution is -2.64. The molecule has 0 bridgehead atoms. The first-order valence-corrected chi connectivity index (χ1v) is 24.5. The summed E-state index contributed by atoms with van der Waals surface area (Å²) in [6.45, 7) is 13.7. The molecule has 0 spiro atoms. The lowest BCUT2D eigenvalue weighted by molar-refractivity contribution is -0.363. The fraction of sp³-hybridized carbons (Fsp3) is 0.917. The minimum absolute atomic E-state index is 0.0153. The number of fused-ring (bicyclic) bond motifs is 5. The Labute approximate surface area is 393 Å². The van der Waals surface area contributed by atoms with E-state index in [0.29, 0.717) is 31.6 Å². The molecule has 0 aromatic heterocycles. The number of carbonyl (C=O) groups is 2. The van der Waals surface area contributed by atoms with E-state index < -0.39 is 134 Å². The van der Waals surface area contributed by atoms with Crippen molar-refractivity contribution in [3.63, 3.8) is 0 Å². The van der Waals surface area contributed by atoms with Gasteiger partial charge in [0.15, 0.2) is 37.2 Å². The van der Waals surface area contributed by atoms with E-state index in [-0.39, 0.29) is 48.0 Å². The van der Waals surface area contributed by atoms with E-state index in [1.165, 1.54) is 20.8 Å². The smallest absolute Gasteiger partial charge is 0.303 e. The molecule has 6 fully saturated rings. The molecule has 0 amide bonds. The summed E-state index contributed by atoms with van der Waals surface area (Å²) in [6.07, 6.45) is -15.8. The van der Waals surface area contributed by atoms with Gasteiger partial charge in [-0.2, -0.15) is 0 Å². The van der Waals surface area contributed by atoms with Crippen LogP contribution >= 0.6 is 0 Å². The molecule has 3 aliphatic heterocycles. The quantitative estimate of drug-likeness (QED) is 0.0850. The molecule has 67 heavy (non-hydrogen) atoms. The van der Waals surface area contributed by atoms with Gasteiger partial charge in [0.05, 0.1) is 43.7 Å². The summed E-state index contributed by atoms with van der Waals surface area (Å²) in [4.78, 5) is 24.9. The maximum atomic E-state index is 12.6. The van der Waals surface area contributed by atoms with Crippen molar-refractivity contribution in [2.75, 3.05) is 13.2 Å². The number of hydrogen-bond acceptors (Lipinski definition) is 19. The predicted molar refractivity (Wildman–Crippen MR) is 233 cm³/mol. The van der Waals surface area contributed by atoms with Gasteiger partial charge in [-0.25, -0.2) is 0 Å². The molecule has 7 rings (SSSR count). The summed E-state index contributed by atoms with van der Waals surface area (Å²) in [7, 11) is 0. The average Bonchev–Trinajstić information content (AvgIpc) is 3.56. The molecule has 7 aliphatic rings. The molecule has 0 radical (unpaired) electrons. The SMILES string of the molecule is CC(=O)O[C@@H]1[C@@H](O[C@@H]2O[C@@H](C)[C@H](O)[C@@H](O)[C@H]2O)[C@H](O[C@@H]2C[C@H](O)CC3=CC[C@H]4[C@@H]5C[C@H](O[C@@H]6O[C@H](CO)[C@@H](O)[C@H](O)[C@H]6O)[C@H]([C@H](C)[C@@H](O)CCC(C)C)[C@@]5(C)CC[C@@H]4[C@]32C)OC[C@H]1OC(C)=O. The van der Waals surface area contributed by atoms with Gasteiger partial charge in [-0.15, -0.1) is 0 Å². The second kappa shape index (κ2) is 21.0. The molecule has 3 saturated heterocycles. The Morgan fingerprint density at radius 3 is 2.07 bits per heavy atom. The Hall–Kier alpha value is -1.92. The van der Waals surface area contributed by atoms with E-state index in [9.17, 15) is 55.5 Å². The summed E-state index contributed by atoms with van der Waals surface area (Å²) in [5.41, 5.74) is -0.0680. The highest BCUT2D eigenvalue weighted by Gasteiger charge is 2.65. The Bertz CT molecular complexity index is 1730. The first kappa shape index (κ1) is 52.9. The second-order valence-electron chi connectivity index (χ2n) is 21.6. The van der Waals surface area contributed by atoms with Crippen molar-refractivity contribution < 1.29 is 93.4 Å². The molecule has 19 nitrogen and oxygen atoms in total. The average molecular weight is 959 g/mol. The van der Waals surface area contributed by atoms with Crippen LogP contribution in [0, 0.1) is 46.3 Å². The largest absolute Gasteiger partial charge is 0.456 e. The zero-order valence-corrected chi connectivity index (χ0v) is 40.1. The van der Waals surface area contributed by atoms with Gasteiger partial charge in [-0.05, 0) is 92.8 Å². The van der Waals surface area contributed by atoms with Crippen LogP contribution in [-0.2, 0) is 47.5 Å². The van der Waals surface area contributed by atoms with E-state index in [2.05, 4.69) is 33.8 Å². The van der Waals surface area contributed by atoms with Gasteiger partial charge in [-0.3, -0.25) is 9.59 Å². The van der Waals surface area contributed by atoms with E-state index in [4.69, 9.17) is 37.9 Å². The number of aliphatic hydroxyl groups is 9. The molecular weight excluding hydrogens is 881 g/mol. The molecule has 19 heteroatoms. The maximum absolute atomic E-state index is 12.6. The van der Waals surface area contributed by atoms with Gasteiger partial charge in [0.2, 0.25) is 0 Å². The van der Waals surface area contributed by atoms with Gasteiger partial charge in [-0.1, -0.05) is 46.3 Å². The van der Waals surface area contributed by atoms with Crippen LogP contribution < -0.4 is 0 Å². The normalized spacial score (nSPS) is 48.6. The number of hydrogen-bond donors (Lipinski definition) is 9. The topological polar surface area (TPSA) is 290 Å². The van der Waals surface area contributed by atoms with Gasteiger partial charge >= 0.3 is 11.9 Å². The van der Waals surface area contributed by atoms with E-state index >= 15 is 0 Å². The molecular formula is C48H78O19. The maximum Gasteiger partial charge on any atom is 0.303 e. The zero-order chi connectivity index (χ0) is 49.0. The van der Waals surface area contributed by atoms with Crippen molar-refractivity contribution in [2.24, 2.45) is 46.3 Å². The number of carbonyl (C=O) groups excluding carboxylic acids is 2. The van der Waals surface area contributed by atoms with Gasteiger partial charge in [0.25, 0.3) is 0 Å². The van der Waals surface area contributed by atoms with Crippen LogP contribution in [0.25, 0.3) is 0 Å². The van der Waals surface area contributed by atoms with Crippen molar-refractivity contribution in [3.05, 3.63) is 11.6 Å². The third-order valence-electron chi connectivity index (χ3n) is 17.0. The predicted octanol–water partition coefficient (Wildman–Crippen LogP) is 0.582. The summed E-state index contributed by atoms with van der Waals surface area (Å²) in [5, 5.41) is 97.9. The minimum atomic E-state index is -1.75. The fourth-order valence-electron chi connectivity index (χ4n) is 13.4. The lowest BCUT2D eigenvalue weighted by Gasteiger charge is -2.60. The lowest BCUT2D eigenvalue weighted by atomic mass is 9.46. The highest BCUT2D eigenvalue weighted by atomic mass is 16.8. The number of rotatable bonds is 14. The standard InChI is InChI=1S/C48H78O19/c1-20(2)9-12-30(53)21(3)35-31(64-45-41(59)39(57)37(55)32(18-49)65-45)17-29-27-11-10-25-15-26(52)16-34(48(25,8)28(27)13-14-47(29,35)7)66-46-43(67-44-40(58)38(56)36(54)22(4)61-44)42(63-24(6)51)33(19-60-46)62-23(5)50/h10,20-22,26-46,49,52-59H,9,11-19H2,1-8H3/t21-,22+,26-,27-,28+,29+,30+,31+,32-,33-,34-,35+,36+,37-,38-,39+,40-,41-,42+,43-,44+,45-,46+,47+,48+/m1/s1.